The molecule has 0 aromatic rings. The van der Waals surface area contributed by atoms with E-state index < -0.39 is 22.8 Å². The van der Waals surface area contributed by atoms with Crippen molar-refractivity contribution < 1.29 is 14.7 Å². The zero-order valence-corrected chi connectivity index (χ0v) is 13.8. The number of carboxylic acid groups (broad SMARTS) is 1. The van der Waals surface area contributed by atoms with Gasteiger partial charge in [-0.1, -0.05) is 29.3 Å². The Hall–Kier alpha value is -0.270. The molecule has 2 fully saturated rings. The number of amides is 1. The average molecular weight is 353 g/mol. The summed E-state index contributed by atoms with van der Waals surface area (Å²) in [6, 6.07) is -1.27. The molecule has 0 saturated carbocycles. The molecule has 7 heteroatoms. The maximum absolute atomic E-state index is 11.4. The summed E-state index contributed by atoms with van der Waals surface area (Å²) in [5.41, 5.74) is 5.59. The third-order valence-corrected chi connectivity index (χ3v) is 5.36. The van der Waals surface area contributed by atoms with Crippen molar-refractivity contribution in [3.63, 3.8) is 0 Å². The minimum absolute atomic E-state index is 0.154. The number of hydrogen-bond donors (Lipinski definition) is 2. The molecule has 0 aliphatic carbocycles. The molecule has 5 nitrogen and oxygen atoms in total. The number of thioether (sulfide) groups is 1. The van der Waals surface area contributed by atoms with Crippen LogP contribution in [0, 0.1) is 0 Å². The number of rotatable bonds is 3. The highest BCUT2D eigenvalue weighted by atomic mass is 79.9. The Balaban J connectivity index is 0.000000312. The lowest BCUT2D eigenvalue weighted by Gasteiger charge is -2.41. The Bertz CT molecular complexity index is 363. The summed E-state index contributed by atoms with van der Waals surface area (Å²) in [6.45, 7) is 5.84. The molecule has 3 atom stereocenters. The first-order valence-corrected chi connectivity index (χ1v) is 8.32. The van der Waals surface area contributed by atoms with Gasteiger partial charge in [0.05, 0.1) is 0 Å². The van der Waals surface area contributed by atoms with Crippen molar-refractivity contribution in [3.8, 4) is 0 Å². The fourth-order valence-electron chi connectivity index (χ4n) is 2.18. The van der Waals surface area contributed by atoms with Gasteiger partial charge >= 0.3 is 5.97 Å². The Labute approximate surface area is 126 Å². The summed E-state index contributed by atoms with van der Waals surface area (Å²) < 4.78 is -0.458. The molecule has 2 aliphatic heterocycles. The van der Waals surface area contributed by atoms with Crippen LogP contribution in [0.1, 0.15) is 33.6 Å². The van der Waals surface area contributed by atoms with E-state index in [-0.39, 0.29) is 11.3 Å². The second-order valence-electron chi connectivity index (χ2n) is 5.17. The quantitative estimate of drug-likeness (QED) is 0.595. The number of carboxylic acids is 1. The van der Waals surface area contributed by atoms with E-state index in [9.17, 15) is 9.59 Å². The predicted octanol–water partition coefficient (Wildman–Crippen LogP) is 1.64. The van der Waals surface area contributed by atoms with Gasteiger partial charge in [0.2, 0.25) is 5.91 Å². The topological polar surface area (TPSA) is 83.6 Å². The van der Waals surface area contributed by atoms with Gasteiger partial charge in [-0.05, 0) is 20.3 Å². The van der Waals surface area contributed by atoms with Gasteiger partial charge in [-0.3, -0.25) is 4.79 Å². The molecule has 19 heavy (non-hydrogen) atoms. The zero-order valence-electron chi connectivity index (χ0n) is 11.4. The monoisotopic (exact) mass is 352 g/mol. The Morgan fingerprint density at radius 3 is 2.53 bits per heavy atom. The van der Waals surface area contributed by atoms with Gasteiger partial charge in [0.25, 0.3) is 0 Å². The van der Waals surface area contributed by atoms with Crippen molar-refractivity contribution >= 4 is 39.6 Å². The fraction of sp³-hybridized carbons (Fsp3) is 0.833. The number of halogens is 1. The third kappa shape index (κ3) is 3.25. The number of hydrogen-bond acceptors (Lipinski definition) is 4. The number of alkyl halides is 1. The van der Waals surface area contributed by atoms with Crippen molar-refractivity contribution in [1.82, 2.24) is 4.90 Å². The van der Waals surface area contributed by atoms with E-state index in [1.165, 1.54) is 29.5 Å². The summed E-state index contributed by atoms with van der Waals surface area (Å²) in [4.78, 5) is 23.8. The normalized spacial score (nSPS) is 31.1. The first kappa shape index (κ1) is 16.8. The lowest BCUT2D eigenvalue weighted by molar-refractivity contribution is -0.159. The molecule has 3 N–H and O–H groups in total. The second-order valence-corrected chi connectivity index (χ2v) is 7.73. The van der Waals surface area contributed by atoms with Gasteiger partial charge in [0.15, 0.2) is 0 Å². The molecular formula is C12H21BrN2O3S. The van der Waals surface area contributed by atoms with E-state index in [4.69, 9.17) is 10.8 Å². The van der Waals surface area contributed by atoms with Crippen molar-refractivity contribution in [1.29, 1.82) is 0 Å². The highest BCUT2D eigenvalue weighted by Crippen LogP contribution is 2.50. The number of carbonyl (C=O) groups excluding carboxylic acids is 1. The number of fused-ring (bicyclic) bond motifs is 1. The molecule has 3 unspecified atom stereocenters. The van der Waals surface area contributed by atoms with Gasteiger partial charge < -0.3 is 15.7 Å². The van der Waals surface area contributed by atoms with Crippen molar-refractivity contribution in [2.45, 2.75) is 55.8 Å². The number of carbonyl (C=O) groups is 2. The lowest BCUT2D eigenvalue weighted by atomic mass is 9.96. The summed E-state index contributed by atoms with van der Waals surface area (Å²) in [6.07, 6.45) is 2.60. The minimum atomic E-state index is -0.953. The summed E-state index contributed by atoms with van der Waals surface area (Å²) in [5, 5.41) is 10.0. The number of nitrogens with two attached hydrogens (primary N) is 1. The molecule has 2 saturated heterocycles. The smallest absolute Gasteiger partial charge is 0.327 e. The molecule has 1 amide bonds. The average Bonchev–Trinajstić information content (AvgIpc) is 2.59. The molecule has 0 aromatic heterocycles. The van der Waals surface area contributed by atoms with Crippen LogP contribution in [0.2, 0.25) is 0 Å². The zero-order chi connectivity index (χ0) is 14.8. The van der Waals surface area contributed by atoms with Gasteiger partial charge in [0.1, 0.15) is 17.5 Å². The minimum Gasteiger partial charge on any atom is -0.480 e. The predicted molar refractivity (Wildman–Crippen MR) is 80.4 cm³/mol. The fourth-order valence-corrected chi connectivity index (χ4v) is 4.30. The maximum atomic E-state index is 11.4. The van der Waals surface area contributed by atoms with E-state index in [0.717, 1.165) is 5.33 Å². The van der Waals surface area contributed by atoms with E-state index in [0.29, 0.717) is 0 Å². The van der Waals surface area contributed by atoms with Crippen LogP contribution >= 0.6 is 27.7 Å². The van der Waals surface area contributed by atoms with Crippen LogP contribution in [0.3, 0.4) is 0 Å². The molecular weight excluding hydrogens is 332 g/mol. The van der Waals surface area contributed by atoms with Gasteiger partial charge in [-0.25, -0.2) is 4.79 Å². The van der Waals surface area contributed by atoms with Crippen LogP contribution in [0.4, 0.5) is 0 Å². The number of nitrogens with zero attached hydrogens (tertiary/aromatic N) is 1. The Morgan fingerprint density at radius 2 is 2.16 bits per heavy atom. The van der Waals surface area contributed by atoms with Gasteiger partial charge in [-0.2, -0.15) is 0 Å². The van der Waals surface area contributed by atoms with Gasteiger partial charge in [-0.15, -0.1) is 11.8 Å². The Kier molecular flexibility index (Phi) is 5.70. The largest absolute Gasteiger partial charge is 0.480 e. The standard InChI is InChI=1S/C8H12N2O3S.C4H9Br/c1-8(2)4(7(12)13)10-5(11)3(9)6(10)14-8;1-2-3-4-5/h3-4,6H,9H2,1-2H3,(H,12,13);2-4H2,1H3. The first-order valence-electron chi connectivity index (χ1n) is 6.32. The van der Waals surface area contributed by atoms with Crippen LogP contribution in [0.25, 0.3) is 0 Å². The Morgan fingerprint density at radius 1 is 1.58 bits per heavy atom. The number of β-lactam (4-membered cyclic amide) rings is 1. The van der Waals surface area contributed by atoms with E-state index in [1.807, 2.05) is 13.8 Å². The maximum Gasteiger partial charge on any atom is 0.327 e. The second kappa shape index (κ2) is 6.45. The molecule has 2 heterocycles. The highest BCUT2D eigenvalue weighted by Gasteiger charge is 2.62. The van der Waals surface area contributed by atoms with E-state index in [1.54, 1.807) is 0 Å². The van der Waals surface area contributed by atoms with Crippen LogP contribution in [0.5, 0.6) is 0 Å². The lowest BCUT2D eigenvalue weighted by Crippen LogP contribution is -2.68. The molecule has 0 bridgehead atoms. The molecule has 0 radical (unpaired) electrons. The van der Waals surface area contributed by atoms with Gasteiger partial charge in [0, 0.05) is 10.1 Å². The molecule has 110 valence electrons. The molecule has 0 aromatic carbocycles. The highest BCUT2D eigenvalue weighted by molar-refractivity contribution is 9.09. The molecule has 2 rings (SSSR count). The molecule has 2 aliphatic rings. The number of aliphatic carboxylic acids is 1. The van der Waals surface area contributed by atoms with Crippen LogP contribution < -0.4 is 5.73 Å². The summed E-state index contributed by atoms with van der Waals surface area (Å²) >= 11 is 4.77. The number of unbranched alkanes of at least 4 members (excludes halogenated alkanes) is 1. The summed E-state index contributed by atoms with van der Waals surface area (Å²) in [7, 11) is 0. The first-order chi connectivity index (χ1) is 8.77. The SMILES string of the molecule is CC1(C)SC2C(N)C(=O)N2C1C(=O)O.CCCCBr. The molecule has 0 spiro atoms. The third-order valence-electron chi connectivity index (χ3n) is 3.20. The van der Waals surface area contributed by atoms with Crippen molar-refractivity contribution in [2.75, 3.05) is 5.33 Å². The van der Waals surface area contributed by atoms with Crippen LogP contribution in [-0.2, 0) is 9.59 Å². The van der Waals surface area contributed by atoms with Crippen LogP contribution in [0.15, 0.2) is 0 Å². The van der Waals surface area contributed by atoms with Crippen molar-refractivity contribution in [2.24, 2.45) is 5.73 Å². The van der Waals surface area contributed by atoms with Crippen molar-refractivity contribution in [3.05, 3.63) is 0 Å². The summed E-state index contributed by atoms with van der Waals surface area (Å²) in [5.74, 6) is -1.20. The van der Waals surface area contributed by atoms with Crippen LogP contribution in [-0.4, -0.2) is 49.4 Å². The van der Waals surface area contributed by atoms with E-state index >= 15 is 0 Å². The van der Waals surface area contributed by atoms with E-state index in [2.05, 4.69) is 22.9 Å².